The van der Waals surface area contributed by atoms with E-state index in [0.717, 1.165) is 34.0 Å². The van der Waals surface area contributed by atoms with E-state index < -0.39 is 0 Å². The molecule has 0 bridgehead atoms. The van der Waals surface area contributed by atoms with E-state index in [1.807, 2.05) is 12.3 Å². The summed E-state index contributed by atoms with van der Waals surface area (Å²) < 4.78 is 0. The predicted molar refractivity (Wildman–Crippen MR) is 112 cm³/mol. The second-order valence-corrected chi connectivity index (χ2v) is 7.65. The van der Waals surface area contributed by atoms with Crippen molar-refractivity contribution in [3.8, 4) is 0 Å². The Hall–Kier alpha value is -2.45. The van der Waals surface area contributed by atoms with E-state index in [2.05, 4.69) is 68.0 Å². The number of benzene rings is 2. The molecule has 0 radical (unpaired) electrons. The first-order chi connectivity index (χ1) is 12.5. The summed E-state index contributed by atoms with van der Waals surface area (Å²) in [6, 6.07) is 10.5. The molecule has 26 heavy (non-hydrogen) atoms. The molecule has 0 fully saturated rings. The highest BCUT2D eigenvalue weighted by Gasteiger charge is 2.30. The maximum absolute atomic E-state index is 6.40. The Bertz CT molecular complexity index is 955. The zero-order chi connectivity index (χ0) is 18.4. The molecule has 4 rings (SSSR count). The molecule has 132 valence electrons. The molecule has 0 spiro atoms. The molecule has 2 nitrogen and oxygen atoms in total. The molecule has 0 saturated heterocycles. The van der Waals surface area contributed by atoms with Gasteiger partial charge in [-0.05, 0) is 54.2 Å². The fraction of sp³-hybridized carbons (Fsp3) is 0.217. The van der Waals surface area contributed by atoms with Crippen LogP contribution in [0.25, 0.3) is 11.8 Å². The third-order valence-electron chi connectivity index (χ3n) is 5.50. The zero-order valence-corrected chi connectivity index (χ0v) is 16.0. The monoisotopic (exact) mass is 362 g/mol. The number of anilines is 1. The van der Waals surface area contributed by atoms with Crippen molar-refractivity contribution in [3.63, 3.8) is 0 Å². The maximum atomic E-state index is 6.40. The smallest absolute Gasteiger partial charge is 0.0727 e. The highest BCUT2D eigenvalue weighted by Crippen LogP contribution is 2.45. The van der Waals surface area contributed by atoms with Crippen molar-refractivity contribution in [1.29, 1.82) is 0 Å². The fourth-order valence-electron chi connectivity index (χ4n) is 4.23. The number of halogens is 1. The lowest BCUT2D eigenvalue weighted by atomic mass is 9.76. The predicted octanol–water partition coefficient (Wildman–Crippen LogP) is 6.41. The van der Waals surface area contributed by atoms with Crippen molar-refractivity contribution < 1.29 is 0 Å². The molecule has 1 aliphatic heterocycles. The highest BCUT2D eigenvalue weighted by molar-refractivity contribution is 6.31. The van der Waals surface area contributed by atoms with Crippen molar-refractivity contribution in [3.05, 3.63) is 88.1 Å². The van der Waals surface area contributed by atoms with Crippen LogP contribution in [-0.2, 0) is 0 Å². The maximum Gasteiger partial charge on any atom is 0.0727 e. The summed E-state index contributed by atoms with van der Waals surface area (Å²) in [5, 5.41) is 7.76. The zero-order valence-electron chi connectivity index (χ0n) is 15.2. The largest absolute Gasteiger partial charge is 0.374 e. The standard InChI is InChI=1S/C23H23ClN2/c1-13-12-14(2)23(19-8-9-20(24)15(3)22(13)19)26-21-7-5-6-17-16(4)25-11-10-18(17)21/h5-11,13,23,25-26H,2,4,12H2,1,3H3/t13-,23?/m1/s1. The molecule has 2 aromatic rings. The van der Waals surface area contributed by atoms with Crippen LogP contribution in [0.4, 0.5) is 5.69 Å². The van der Waals surface area contributed by atoms with Crippen LogP contribution in [0.3, 0.4) is 0 Å². The average Bonchev–Trinajstić information content (AvgIpc) is 2.61. The highest BCUT2D eigenvalue weighted by atomic mass is 35.5. The molecule has 0 saturated carbocycles. The van der Waals surface area contributed by atoms with Gasteiger partial charge in [0.25, 0.3) is 0 Å². The first-order valence-corrected chi connectivity index (χ1v) is 9.33. The third-order valence-corrected chi connectivity index (χ3v) is 5.91. The van der Waals surface area contributed by atoms with Gasteiger partial charge in [-0.2, -0.15) is 0 Å². The van der Waals surface area contributed by atoms with Gasteiger partial charge in [0.2, 0.25) is 0 Å². The molecule has 2 N–H and O–H groups in total. The van der Waals surface area contributed by atoms with Crippen LogP contribution < -0.4 is 10.6 Å². The SMILES string of the molecule is C=C1NC=Cc2c(NC3C(=C)C[C@@H](C)c4c3ccc(Cl)c4C)cccc21. The van der Waals surface area contributed by atoms with E-state index in [0.29, 0.717) is 5.92 Å². The lowest BCUT2D eigenvalue weighted by Gasteiger charge is -2.35. The van der Waals surface area contributed by atoms with Crippen LogP contribution in [0.2, 0.25) is 5.02 Å². The number of hydrogen-bond acceptors (Lipinski definition) is 2. The molecule has 0 amide bonds. The van der Waals surface area contributed by atoms with Crippen LogP contribution in [0, 0.1) is 6.92 Å². The second-order valence-electron chi connectivity index (χ2n) is 7.24. The summed E-state index contributed by atoms with van der Waals surface area (Å²) in [5.74, 6) is 0.433. The Labute approximate surface area is 160 Å². The normalized spacial score (nSPS) is 21.0. The van der Waals surface area contributed by atoms with Gasteiger partial charge in [0, 0.05) is 33.7 Å². The van der Waals surface area contributed by atoms with Gasteiger partial charge in [0.1, 0.15) is 0 Å². The molecule has 1 heterocycles. The quantitative estimate of drug-likeness (QED) is 0.603. The van der Waals surface area contributed by atoms with Crippen LogP contribution in [0.1, 0.15) is 53.1 Å². The van der Waals surface area contributed by atoms with Crippen molar-refractivity contribution in [2.75, 3.05) is 5.32 Å². The minimum Gasteiger partial charge on any atom is -0.374 e. The van der Waals surface area contributed by atoms with Crippen LogP contribution in [0.15, 0.2) is 55.3 Å². The summed E-state index contributed by atoms with van der Waals surface area (Å²) in [5.41, 5.74) is 9.34. The summed E-state index contributed by atoms with van der Waals surface area (Å²) in [6.45, 7) is 12.9. The molecule has 0 aromatic heterocycles. The van der Waals surface area contributed by atoms with Gasteiger partial charge in [0.15, 0.2) is 0 Å². The minimum absolute atomic E-state index is 0.0835. The molecular formula is C23H23ClN2. The van der Waals surface area contributed by atoms with E-state index in [-0.39, 0.29) is 6.04 Å². The van der Waals surface area contributed by atoms with Gasteiger partial charge in [-0.25, -0.2) is 0 Å². The molecule has 1 unspecified atom stereocenters. The van der Waals surface area contributed by atoms with Gasteiger partial charge in [-0.1, -0.05) is 55.5 Å². The summed E-state index contributed by atoms with van der Waals surface area (Å²) in [6.07, 6.45) is 4.99. The minimum atomic E-state index is 0.0835. The van der Waals surface area contributed by atoms with E-state index in [1.54, 1.807) is 0 Å². The van der Waals surface area contributed by atoms with E-state index in [9.17, 15) is 0 Å². The Morgan fingerprint density at radius 3 is 2.81 bits per heavy atom. The summed E-state index contributed by atoms with van der Waals surface area (Å²) >= 11 is 6.40. The molecule has 3 heteroatoms. The number of nitrogens with one attached hydrogen (secondary N) is 2. The topological polar surface area (TPSA) is 24.1 Å². The first-order valence-electron chi connectivity index (χ1n) is 8.96. The number of hydrogen-bond donors (Lipinski definition) is 2. The van der Waals surface area contributed by atoms with E-state index in [1.165, 1.54) is 22.3 Å². The van der Waals surface area contributed by atoms with E-state index >= 15 is 0 Å². The van der Waals surface area contributed by atoms with Gasteiger partial charge in [-0.15, -0.1) is 0 Å². The van der Waals surface area contributed by atoms with Crippen molar-refractivity contribution in [1.82, 2.24) is 5.32 Å². The van der Waals surface area contributed by atoms with E-state index in [4.69, 9.17) is 11.6 Å². The van der Waals surface area contributed by atoms with Crippen LogP contribution >= 0.6 is 11.6 Å². The summed E-state index contributed by atoms with van der Waals surface area (Å²) in [7, 11) is 0. The third kappa shape index (κ3) is 2.65. The van der Waals surface area contributed by atoms with Crippen LogP contribution in [-0.4, -0.2) is 0 Å². The second kappa shape index (κ2) is 6.37. The Kier molecular flexibility index (Phi) is 4.16. The Morgan fingerprint density at radius 2 is 2.00 bits per heavy atom. The average molecular weight is 363 g/mol. The fourth-order valence-corrected chi connectivity index (χ4v) is 4.40. The summed E-state index contributed by atoms with van der Waals surface area (Å²) in [4.78, 5) is 0. The Morgan fingerprint density at radius 1 is 1.19 bits per heavy atom. The number of fused-ring (bicyclic) bond motifs is 2. The van der Waals surface area contributed by atoms with Crippen molar-refractivity contribution in [2.45, 2.75) is 32.2 Å². The molecule has 2 atom stereocenters. The molecule has 2 aliphatic rings. The van der Waals surface area contributed by atoms with Crippen molar-refractivity contribution in [2.24, 2.45) is 0 Å². The van der Waals surface area contributed by atoms with Gasteiger partial charge in [0.05, 0.1) is 6.04 Å². The van der Waals surface area contributed by atoms with Crippen molar-refractivity contribution >= 4 is 29.1 Å². The lowest BCUT2D eigenvalue weighted by Crippen LogP contribution is -2.23. The molecule has 2 aromatic carbocycles. The number of rotatable bonds is 2. The Balaban J connectivity index is 1.79. The van der Waals surface area contributed by atoms with Gasteiger partial charge >= 0.3 is 0 Å². The first kappa shape index (κ1) is 17.0. The molecular weight excluding hydrogens is 340 g/mol. The molecule has 1 aliphatic carbocycles. The van der Waals surface area contributed by atoms with Gasteiger partial charge in [-0.3, -0.25) is 0 Å². The van der Waals surface area contributed by atoms with Gasteiger partial charge < -0.3 is 10.6 Å². The lowest BCUT2D eigenvalue weighted by molar-refractivity contribution is 0.648. The van der Waals surface area contributed by atoms with Crippen LogP contribution in [0.5, 0.6) is 0 Å².